The van der Waals surface area contributed by atoms with Crippen LogP contribution in [0.5, 0.6) is 0 Å². The van der Waals surface area contributed by atoms with E-state index >= 15 is 0 Å². The molecule has 3 aliphatic rings. The lowest BCUT2D eigenvalue weighted by Gasteiger charge is -2.45. The van der Waals surface area contributed by atoms with Gasteiger partial charge >= 0.3 is 12.4 Å². The average molecular weight is 613 g/mol. The molecular weight excluding hydrogens is 582 g/mol. The Labute approximate surface area is 234 Å². The number of rotatable bonds is 6. The molecular formula is C25H30F6N4O3S2. The van der Waals surface area contributed by atoms with E-state index in [9.17, 15) is 39.9 Å². The predicted octanol–water partition coefficient (Wildman–Crippen LogP) is 3.33. The number of piperazine rings is 2. The Kier molecular flexibility index (Phi) is 8.75. The minimum atomic E-state index is -4.90. The third-order valence-electron chi connectivity index (χ3n) is 7.46. The van der Waals surface area contributed by atoms with E-state index in [4.69, 9.17) is 12.2 Å². The van der Waals surface area contributed by atoms with Gasteiger partial charge in [0, 0.05) is 62.8 Å². The highest BCUT2D eigenvalue weighted by Crippen LogP contribution is 2.39. The first-order valence-corrected chi connectivity index (χ1v) is 14.5. The van der Waals surface area contributed by atoms with Crippen LogP contribution in [0, 0.1) is 0 Å². The summed E-state index contributed by atoms with van der Waals surface area (Å²) in [6.45, 7) is 0.926. The highest BCUT2D eigenvalue weighted by atomic mass is 32.2. The summed E-state index contributed by atoms with van der Waals surface area (Å²) < 4.78 is 108. The van der Waals surface area contributed by atoms with Crippen molar-refractivity contribution in [3.63, 3.8) is 0 Å². The topological polar surface area (TPSA) is 76.1 Å². The zero-order valence-corrected chi connectivity index (χ0v) is 23.2. The molecule has 2 heterocycles. The molecule has 2 N–H and O–H groups in total. The number of halogens is 6. The number of thiocarbonyl (C=S) groups is 1. The smallest absolute Gasteiger partial charge is 0.376 e. The van der Waals surface area contributed by atoms with Gasteiger partial charge in [0.15, 0.2) is 5.60 Å². The van der Waals surface area contributed by atoms with Crippen molar-refractivity contribution in [2.75, 3.05) is 50.7 Å². The summed E-state index contributed by atoms with van der Waals surface area (Å²) in [6, 6.07) is 2.73. The normalized spacial score (nSPS) is 25.6. The van der Waals surface area contributed by atoms with Crippen molar-refractivity contribution in [3.05, 3.63) is 53.0 Å². The average Bonchev–Trinajstić information content (AvgIpc) is 2.88. The lowest BCUT2D eigenvalue weighted by molar-refractivity contribution is -0.258. The number of aliphatic hydroxyl groups is 1. The van der Waals surface area contributed by atoms with Crippen LogP contribution in [-0.2, 0) is 15.6 Å². The van der Waals surface area contributed by atoms with Crippen LogP contribution < -0.4 is 10.2 Å². The number of anilines is 1. The number of allylic oxidation sites excluding steroid dienone is 4. The lowest BCUT2D eigenvalue weighted by Crippen LogP contribution is -2.62. The van der Waals surface area contributed by atoms with E-state index in [1.807, 2.05) is 0 Å². The summed E-state index contributed by atoms with van der Waals surface area (Å²) in [6.07, 6.45) is -4.29. The molecule has 0 aromatic heterocycles. The second kappa shape index (κ2) is 11.3. The number of hydrogen-bond acceptors (Lipinski definition) is 7. The molecule has 7 nitrogen and oxygen atoms in total. The van der Waals surface area contributed by atoms with E-state index in [0.29, 0.717) is 25.6 Å². The van der Waals surface area contributed by atoms with Gasteiger partial charge in [-0.15, -0.1) is 0 Å². The maximum Gasteiger partial charge on any atom is 0.421 e. The third kappa shape index (κ3) is 6.39. The van der Waals surface area contributed by atoms with Crippen LogP contribution in [0.1, 0.15) is 18.9 Å². The van der Waals surface area contributed by atoms with E-state index in [1.165, 1.54) is 22.5 Å². The molecule has 0 unspecified atom stereocenters. The second-order valence-electron chi connectivity index (χ2n) is 10.2. The molecule has 0 radical (unpaired) electrons. The minimum absolute atomic E-state index is 0.00948. The molecule has 1 aromatic carbocycles. The van der Waals surface area contributed by atoms with Crippen molar-refractivity contribution in [1.82, 2.24) is 14.5 Å². The third-order valence-corrected chi connectivity index (χ3v) is 9.93. The zero-order valence-electron chi connectivity index (χ0n) is 21.5. The van der Waals surface area contributed by atoms with Gasteiger partial charge in [-0.3, -0.25) is 4.90 Å². The Morgan fingerprint density at radius 3 is 2.33 bits per heavy atom. The molecule has 2 aliphatic heterocycles. The van der Waals surface area contributed by atoms with Crippen molar-refractivity contribution in [2.45, 2.75) is 43.4 Å². The Bertz CT molecular complexity index is 1260. The fourth-order valence-electron chi connectivity index (χ4n) is 5.07. The van der Waals surface area contributed by atoms with Crippen LogP contribution in [0.2, 0.25) is 0 Å². The van der Waals surface area contributed by atoms with Crippen LogP contribution in [0.4, 0.5) is 32.0 Å². The molecule has 222 valence electrons. The number of nitrogens with one attached hydrogen (secondary N) is 1. The Balaban J connectivity index is 1.61. The number of nitrogens with zero attached hydrogens (tertiary/aromatic N) is 3. The molecule has 0 amide bonds. The van der Waals surface area contributed by atoms with Gasteiger partial charge in [0.2, 0.25) is 10.0 Å². The number of benzene rings is 1. The van der Waals surface area contributed by atoms with E-state index in [-0.39, 0.29) is 54.6 Å². The molecule has 2 saturated heterocycles. The fourth-order valence-corrected chi connectivity index (χ4v) is 7.14. The van der Waals surface area contributed by atoms with Gasteiger partial charge in [-0.1, -0.05) is 36.5 Å². The van der Waals surface area contributed by atoms with Gasteiger partial charge in [-0.25, -0.2) is 8.42 Å². The van der Waals surface area contributed by atoms with Gasteiger partial charge in [-0.05, 0) is 30.7 Å². The Morgan fingerprint density at radius 2 is 1.73 bits per heavy atom. The summed E-state index contributed by atoms with van der Waals surface area (Å²) in [5.41, 5.74) is -2.99. The molecule has 0 spiro atoms. The van der Waals surface area contributed by atoms with Crippen molar-refractivity contribution in [2.24, 2.45) is 0 Å². The molecule has 0 bridgehead atoms. The van der Waals surface area contributed by atoms with E-state index in [1.54, 1.807) is 22.0 Å². The summed E-state index contributed by atoms with van der Waals surface area (Å²) in [7, 11) is -3.98. The monoisotopic (exact) mass is 612 g/mol. The number of alkyl halides is 6. The van der Waals surface area contributed by atoms with Crippen LogP contribution in [0.25, 0.3) is 0 Å². The first-order chi connectivity index (χ1) is 18.5. The molecule has 3 atom stereocenters. The molecule has 1 aliphatic carbocycles. The highest BCUT2D eigenvalue weighted by Gasteiger charge is 2.51. The summed E-state index contributed by atoms with van der Waals surface area (Å²) >= 11 is 5.26. The minimum Gasteiger partial charge on any atom is -0.376 e. The lowest BCUT2D eigenvalue weighted by atomic mass is 9.95. The Morgan fingerprint density at radius 1 is 1.05 bits per heavy atom. The largest absolute Gasteiger partial charge is 0.421 e. The first kappa shape index (κ1) is 30.9. The number of hydrogen-bond donors (Lipinski definition) is 2. The molecule has 0 saturated carbocycles. The summed E-state index contributed by atoms with van der Waals surface area (Å²) in [5.74, 6) is 0. The van der Waals surface area contributed by atoms with Gasteiger partial charge in [0.05, 0.1) is 10.9 Å². The van der Waals surface area contributed by atoms with Crippen molar-refractivity contribution < 1.29 is 39.9 Å². The quantitative estimate of drug-likeness (QED) is 0.377. The summed E-state index contributed by atoms with van der Waals surface area (Å²) in [4.78, 5) is 3.67. The van der Waals surface area contributed by atoms with Crippen LogP contribution >= 0.6 is 12.2 Å². The Hall–Kier alpha value is -2.04. The predicted molar refractivity (Wildman–Crippen MR) is 142 cm³/mol. The van der Waals surface area contributed by atoms with Crippen LogP contribution in [0.3, 0.4) is 0 Å². The van der Waals surface area contributed by atoms with E-state index < -0.39 is 40.1 Å². The molecule has 4 rings (SSSR count). The van der Waals surface area contributed by atoms with Crippen LogP contribution in [-0.4, -0.2) is 97.8 Å². The molecule has 1 aromatic rings. The second-order valence-corrected chi connectivity index (χ2v) is 12.6. The van der Waals surface area contributed by atoms with Crippen molar-refractivity contribution >= 4 is 32.8 Å². The fraction of sp³-hybridized carbons (Fsp3) is 0.560. The van der Waals surface area contributed by atoms with Crippen molar-refractivity contribution in [3.8, 4) is 0 Å². The molecule has 15 heteroatoms. The maximum atomic E-state index is 13.5. The van der Waals surface area contributed by atoms with E-state index in [2.05, 4.69) is 5.32 Å². The standard InChI is InChI=1S/C25H30F6N4O3S2/c1-23(36,25(29,30)31)17-6-8-18(9-7-17)35-13-12-34(40(37,38)21-5-3-2-4-20(21)39)15-19(35)14-33-11-10-32-22(16-33)24(26,27)28/h2-3,5-9,19,22,32,36H,4,10-16H2,1H3/t19-,22+,23+/m0/s1. The molecule has 40 heavy (non-hydrogen) atoms. The van der Waals surface area contributed by atoms with Gasteiger partial charge in [0.25, 0.3) is 0 Å². The summed E-state index contributed by atoms with van der Waals surface area (Å²) in [5, 5.41) is 12.5. The highest BCUT2D eigenvalue weighted by molar-refractivity contribution is 7.96. The van der Waals surface area contributed by atoms with Gasteiger partial charge in [-0.2, -0.15) is 30.6 Å². The molecule has 2 fully saturated rings. The zero-order chi connectivity index (χ0) is 29.5. The van der Waals surface area contributed by atoms with Gasteiger partial charge < -0.3 is 15.3 Å². The maximum absolute atomic E-state index is 13.5. The first-order valence-electron chi connectivity index (χ1n) is 12.6. The SMILES string of the molecule is C[C@@](O)(c1ccc(N2CCN(S(=O)(=O)C3=CC=CCC3=S)C[C@@H]2CN2CCN[C@@H](C(F)(F)F)C2)cc1)C(F)(F)F. The van der Waals surface area contributed by atoms with Gasteiger partial charge in [0.1, 0.15) is 6.04 Å². The van der Waals surface area contributed by atoms with E-state index in [0.717, 1.165) is 12.1 Å². The van der Waals surface area contributed by atoms with Crippen LogP contribution in [0.15, 0.2) is 47.4 Å². The van der Waals surface area contributed by atoms with Crippen molar-refractivity contribution in [1.29, 1.82) is 0 Å². The number of sulfonamides is 1.